The van der Waals surface area contributed by atoms with Gasteiger partial charge in [-0.2, -0.15) is 32.9 Å². The van der Waals surface area contributed by atoms with Gasteiger partial charge in [0.05, 0.1) is 10.6 Å². The quantitative estimate of drug-likeness (QED) is 0.630. The van der Waals surface area contributed by atoms with Gasteiger partial charge in [0.2, 0.25) is 10.0 Å². The van der Waals surface area contributed by atoms with Crippen LogP contribution in [0.3, 0.4) is 0 Å². The van der Waals surface area contributed by atoms with Gasteiger partial charge in [0, 0.05) is 31.7 Å². The first-order valence-corrected chi connectivity index (χ1v) is 10.9. The molecular weight excluding hydrogens is 459 g/mol. The number of nitrogens with one attached hydrogen (secondary N) is 1. The zero-order chi connectivity index (χ0) is 22.4. The van der Waals surface area contributed by atoms with Crippen LogP contribution in [0.4, 0.5) is 13.2 Å². The summed E-state index contributed by atoms with van der Waals surface area (Å²) in [6, 6.07) is 6.98. The molecular formula is C18H15ClF3N5O3S. The monoisotopic (exact) mass is 473 g/mol. The van der Waals surface area contributed by atoms with E-state index in [1.54, 1.807) is 18.2 Å². The summed E-state index contributed by atoms with van der Waals surface area (Å²) in [7, 11) is -4.27. The van der Waals surface area contributed by atoms with Gasteiger partial charge in [-0.05, 0) is 36.4 Å². The predicted molar refractivity (Wildman–Crippen MR) is 105 cm³/mol. The summed E-state index contributed by atoms with van der Waals surface area (Å²) in [4.78, 5) is 13.6. The third-order valence-corrected chi connectivity index (χ3v) is 7.35. The predicted octanol–water partition coefficient (Wildman–Crippen LogP) is 2.78. The Bertz CT molecular complexity index is 1250. The Labute approximate surface area is 179 Å². The normalized spacial score (nSPS) is 16.1. The molecule has 2 heterocycles. The van der Waals surface area contributed by atoms with Gasteiger partial charge in [0.1, 0.15) is 15.9 Å². The molecule has 0 saturated carbocycles. The van der Waals surface area contributed by atoms with Crippen LogP contribution in [0.25, 0.3) is 11.0 Å². The first kappa shape index (κ1) is 21.5. The average Bonchev–Trinajstić information content (AvgIpc) is 3.20. The van der Waals surface area contributed by atoms with Crippen LogP contribution in [0.1, 0.15) is 15.9 Å². The van der Waals surface area contributed by atoms with Gasteiger partial charge in [0.15, 0.2) is 0 Å². The highest BCUT2D eigenvalue weighted by Gasteiger charge is 2.36. The molecule has 1 N–H and O–H groups in total. The molecule has 0 unspecified atom stereocenters. The molecule has 0 spiro atoms. The Kier molecular flexibility index (Phi) is 5.40. The first-order chi connectivity index (χ1) is 14.6. The second-order valence-electron chi connectivity index (χ2n) is 6.87. The van der Waals surface area contributed by atoms with Crippen molar-refractivity contribution in [3.63, 3.8) is 0 Å². The summed E-state index contributed by atoms with van der Waals surface area (Å²) in [6.45, 7) is -0.00328. The number of H-pyrrole nitrogens is 1. The lowest BCUT2D eigenvalue weighted by Crippen LogP contribution is -2.50. The topological polar surface area (TPSA) is 99.3 Å². The molecule has 31 heavy (non-hydrogen) atoms. The zero-order valence-corrected chi connectivity index (χ0v) is 17.3. The van der Waals surface area contributed by atoms with Crippen LogP contribution in [-0.2, 0) is 16.2 Å². The molecule has 1 aromatic heterocycles. The Balaban J connectivity index is 1.51. The van der Waals surface area contributed by atoms with Gasteiger partial charge >= 0.3 is 6.18 Å². The fourth-order valence-electron chi connectivity index (χ4n) is 3.30. The van der Waals surface area contributed by atoms with Crippen LogP contribution in [0, 0.1) is 0 Å². The van der Waals surface area contributed by atoms with E-state index in [1.165, 1.54) is 4.90 Å². The number of aromatic nitrogens is 3. The average molecular weight is 474 g/mol. The van der Waals surface area contributed by atoms with E-state index in [0.29, 0.717) is 22.7 Å². The third kappa shape index (κ3) is 4.10. The molecule has 13 heteroatoms. The standard InChI is InChI=1S/C18H15ClF3N5O3S/c19-13-3-2-12(18(20,21)22)10-16(13)31(29,30)27-7-5-26(6-8-27)17(28)11-1-4-14-15(9-11)24-25-23-14/h1-4,9-10H,5-8H2,(H,23,24,25). The minimum atomic E-state index is -4.70. The van der Waals surface area contributed by atoms with Crippen molar-refractivity contribution >= 4 is 38.6 Å². The Morgan fingerprint density at radius 1 is 1.00 bits per heavy atom. The zero-order valence-electron chi connectivity index (χ0n) is 15.7. The minimum Gasteiger partial charge on any atom is -0.336 e. The lowest BCUT2D eigenvalue weighted by atomic mass is 10.1. The second-order valence-corrected chi connectivity index (χ2v) is 9.18. The van der Waals surface area contributed by atoms with Crippen LogP contribution in [0.2, 0.25) is 5.02 Å². The lowest BCUT2D eigenvalue weighted by Gasteiger charge is -2.34. The molecule has 0 aliphatic carbocycles. The number of hydrogen-bond acceptors (Lipinski definition) is 5. The highest BCUT2D eigenvalue weighted by atomic mass is 35.5. The molecule has 2 aromatic carbocycles. The summed E-state index contributed by atoms with van der Waals surface area (Å²) in [5, 5.41) is 10.0. The highest BCUT2D eigenvalue weighted by Crippen LogP contribution is 2.34. The number of piperazine rings is 1. The fourth-order valence-corrected chi connectivity index (χ4v) is 5.23. The van der Waals surface area contributed by atoms with Crippen molar-refractivity contribution in [1.29, 1.82) is 0 Å². The summed E-state index contributed by atoms with van der Waals surface area (Å²) in [5.41, 5.74) is 0.392. The minimum absolute atomic E-state index is 0.0749. The van der Waals surface area contributed by atoms with E-state index >= 15 is 0 Å². The van der Waals surface area contributed by atoms with Gasteiger partial charge in [0.25, 0.3) is 5.91 Å². The number of amides is 1. The Morgan fingerprint density at radius 3 is 2.35 bits per heavy atom. The van der Waals surface area contributed by atoms with Crippen LogP contribution >= 0.6 is 11.6 Å². The maximum Gasteiger partial charge on any atom is 0.416 e. The Morgan fingerprint density at radius 2 is 1.68 bits per heavy atom. The van der Waals surface area contributed by atoms with E-state index in [-0.39, 0.29) is 37.1 Å². The molecule has 0 radical (unpaired) electrons. The number of halogens is 4. The summed E-state index contributed by atoms with van der Waals surface area (Å²) in [5.74, 6) is -0.306. The van der Waals surface area contributed by atoms with Gasteiger partial charge in [-0.15, -0.1) is 0 Å². The lowest BCUT2D eigenvalue weighted by molar-refractivity contribution is -0.137. The number of alkyl halides is 3. The van der Waals surface area contributed by atoms with Crippen molar-refractivity contribution < 1.29 is 26.4 Å². The van der Waals surface area contributed by atoms with E-state index in [4.69, 9.17) is 11.6 Å². The molecule has 164 valence electrons. The summed E-state index contributed by atoms with van der Waals surface area (Å²) >= 11 is 5.90. The van der Waals surface area contributed by atoms with E-state index < -0.39 is 26.7 Å². The number of rotatable bonds is 3. The number of carbonyl (C=O) groups excluding carboxylic acids is 1. The molecule has 4 rings (SSSR count). The smallest absolute Gasteiger partial charge is 0.336 e. The van der Waals surface area contributed by atoms with Crippen molar-refractivity contribution in [3.05, 3.63) is 52.5 Å². The van der Waals surface area contributed by atoms with E-state index in [1.807, 2.05) is 0 Å². The number of sulfonamides is 1. The third-order valence-electron chi connectivity index (χ3n) is 4.97. The summed E-state index contributed by atoms with van der Waals surface area (Å²) in [6.07, 6.45) is -4.70. The van der Waals surface area contributed by atoms with Crippen LogP contribution in [-0.4, -0.2) is 65.1 Å². The SMILES string of the molecule is O=C(c1ccc2n[nH]nc2c1)N1CCN(S(=O)(=O)c2cc(C(F)(F)F)ccc2Cl)CC1. The van der Waals surface area contributed by atoms with Crippen molar-refractivity contribution in [2.24, 2.45) is 0 Å². The molecule has 3 aromatic rings. The van der Waals surface area contributed by atoms with Gasteiger partial charge in [-0.25, -0.2) is 8.42 Å². The molecule has 1 amide bonds. The Hall–Kier alpha value is -2.70. The van der Waals surface area contributed by atoms with Gasteiger partial charge < -0.3 is 4.90 Å². The molecule has 8 nitrogen and oxygen atoms in total. The van der Waals surface area contributed by atoms with Crippen LogP contribution in [0.15, 0.2) is 41.3 Å². The number of carbonyl (C=O) groups is 1. The van der Waals surface area contributed by atoms with Crippen LogP contribution in [0.5, 0.6) is 0 Å². The molecule has 1 aliphatic heterocycles. The first-order valence-electron chi connectivity index (χ1n) is 9.04. The molecule has 1 fully saturated rings. The van der Waals surface area contributed by atoms with E-state index in [9.17, 15) is 26.4 Å². The van der Waals surface area contributed by atoms with Crippen molar-refractivity contribution in [1.82, 2.24) is 24.6 Å². The molecule has 0 bridgehead atoms. The maximum atomic E-state index is 13.0. The molecule has 1 aliphatic rings. The second kappa shape index (κ2) is 7.77. The fraction of sp³-hybridized carbons (Fsp3) is 0.278. The molecule has 1 saturated heterocycles. The van der Waals surface area contributed by atoms with E-state index in [2.05, 4.69) is 15.4 Å². The number of fused-ring (bicyclic) bond motifs is 1. The molecule has 0 atom stereocenters. The number of benzene rings is 2. The number of aromatic amines is 1. The summed E-state index contributed by atoms with van der Waals surface area (Å²) < 4.78 is 65.8. The van der Waals surface area contributed by atoms with Crippen molar-refractivity contribution in [2.45, 2.75) is 11.1 Å². The van der Waals surface area contributed by atoms with E-state index in [0.717, 1.165) is 16.4 Å². The highest BCUT2D eigenvalue weighted by molar-refractivity contribution is 7.89. The van der Waals surface area contributed by atoms with Gasteiger partial charge in [-0.3, -0.25) is 4.79 Å². The van der Waals surface area contributed by atoms with Crippen molar-refractivity contribution in [3.8, 4) is 0 Å². The number of hydrogen-bond donors (Lipinski definition) is 1. The van der Waals surface area contributed by atoms with Gasteiger partial charge in [-0.1, -0.05) is 11.6 Å². The van der Waals surface area contributed by atoms with Crippen molar-refractivity contribution in [2.75, 3.05) is 26.2 Å². The van der Waals surface area contributed by atoms with Crippen LogP contribution < -0.4 is 0 Å². The number of nitrogens with zero attached hydrogens (tertiary/aromatic N) is 4. The maximum absolute atomic E-state index is 13.0. The largest absolute Gasteiger partial charge is 0.416 e.